The summed E-state index contributed by atoms with van der Waals surface area (Å²) in [4.78, 5) is 12.0. The first-order valence-electron chi connectivity index (χ1n) is 6.85. The maximum Gasteiger partial charge on any atom is 0.224 e. The summed E-state index contributed by atoms with van der Waals surface area (Å²) in [6, 6.07) is 0. The van der Waals surface area contributed by atoms with Gasteiger partial charge in [0.05, 0.1) is 12.0 Å². The van der Waals surface area contributed by atoms with Crippen LogP contribution in [0.5, 0.6) is 0 Å². The van der Waals surface area contributed by atoms with Crippen molar-refractivity contribution in [3.05, 3.63) is 0 Å². The molecule has 2 fully saturated rings. The van der Waals surface area contributed by atoms with Crippen LogP contribution in [-0.4, -0.2) is 38.3 Å². The van der Waals surface area contributed by atoms with Crippen LogP contribution in [0.15, 0.2) is 0 Å². The smallest absolute Gasteiger partial charge is 0.224 e. The normalized spacial score (nSPS) is 34.3. The van der Waals surface area contributed by atoms with Crippen molar-refractivity contribution < 1.29 is 9.53 Å². The van der Waals surface area contributed by atoms with E-state index in [1.165, 1.54) is 6.42 Å². The molecule has 3 unspecified atom stereocenters. The third-order valence-corrected chi connectivity index (χ3v) is 3.72. The standard InChI is InChI=1S/C13H24N2O2/c1-10-6-11(8-14-7-10)13(16)15-9-12-4-2-3-5-17-12/h10-12,14H,2-9H2,1H3,(H,15,16). The predicted octanol–water partition coefficient (Wildman–Crippen LogP) is 0.917. The van der Waals surface area contributed by atoms with Gasteiger partial charge in [-0.1, -0.05) is 6.92 Å². The summed E-state index contributed by atoms with van der Waals surface area (Å²) >= 11 is 0. The van der Waals surface area contributed by atoms with E-state index in [0.29, 0.717) is 12.5 Å². The zero-order chi connectivity index (χ0) is 12.1. The van der Waals surface area contributed by atoms with Crippen molar-refractivity contribution in [2.45, 2.75) is 38.7 Å². The van der Waals surface area contributed by atoms with E-state index in [1.807, 2.05) is 0 Å². The lowest BCUT2D eigenvalue weighted by Gasteiger charge is -2.28. The highest BCUT2D eigenvalue weighted by molar-refractivity contribution is 5.79. The number of piperidine rings is 1. The molecule has 0 aromatic heterocycles. The van der Waals surface area contributed by atoms with Crippen molar-refractivity contribution in [1.29, 1.82) is 0 Å². The van der Waals surface area contributed by atoms with Crippen LogP contribution in [0.3, 0.4) is 0 Å². The zero-order valence-corrected chi connectivity index (χ0v) is 10.7. The van der Waals surface area contributed by atoms with Gasteiger partial charge in [0.2, 0.25) is 5.91 Å². The van der Waals surface area contributed by atoms with Crippen molar-refractivity contribution in [3.63, 3.8) is 0 Å². The highest BCUT2D eigenvalue weighted by Crippen LogP contribution is 2.16. The number of rotatable bonds is 3. The Kier molecular flexibility index (Phi) is 4.80. The molecule has 4 nitrogen and oxygen atoms in total. The van der Waals surface area contributed by atoms with Gasteiger partial charge in [0.25, 0.3) is 0 Å². The fourth-order valence-electron chi connectivity index (χ4n) is 2.68. The molecule has 0 bridgehead atoms. The summed E-state index contributed by atoms with van der Waals surface area (Å²) < 4.78 is 5.61. The van der Waals surface area contributed by atoms with Gasteiger partial charge in [-0.2, -0.15) is 0 Å². The first kappa shape index (κ1) is 12.8. The number of hydrogen-bond acceptors (Lipinski definition) is 3. The van der Waals surface area contributed by atoms with Crippen molar-refractivity contribution >= 4 is 5.91 Å². The van der Waals surface area contributed by atoms with E-state index in [2.05, 4.69) is 17.6 Å². The lowest BCUT2D eigenvalue weighted by atomic mass is 9.91. The third-order valence-electron chi connectivity index (χ3n) is 3.72. The molecule has 2 heterocycles. The molecule has 0 aliphatic carbocycles. The fourth-order valence-corrected chi connectivity index (χ4v) is 2.68. The summed E-state index contributed by atoms with van der Waals surface area (Å²) in [5.74, 6) is 0.936. The van der Waals surface area contributed by atoms with Crippen LogP contribution >= 0.6 is 0 Å². The number of carbonyl (C=O) groups is 1. The van der Waals surface area contributed by atoms with E-state index in [9.17, 15) is 4.79 Å². The van der Waals surface area contributed by atoms with Gasteiger partial charge in [0.15, 0.2) is 0 Å². The van der Waals surface area contributed by atoms with Gasteiger partial charge in [-0.05, 0) is 38.1 Å². The monoisotopic (exact) mass is 240 g/mol. The summed E-state index contributed by atoms with van der Waals surface area (Å²) in [6.45, 7) is 5.58. The Hall–Kier alpha value is -0.610. The zero-order valence-electron chi connectivity index (χ0n) is 10.7. The van der Waals surface area contributed by atoms with Gasteiger partial charge in [0.1, 0.15) is 0 Å². The molecule has 3 atom stereocenters. The van der Waals surface area contributed by atoms with Crippen LogP contribution in [-0.2, 0) is 9.53 Å². The summed E-state index contributed by atoms with van der Waals surface area (Å²) in [7, 11) is 0. The van der Waals surface area contributed by atoms with Crippen LogP contribution in [0.25, 0.3) is 0 Å². The molecule has 0 aromatic rings. The summed E-state index contributed by atoms with van der Waals surface area (Å²) in [6.07, 6.45) is 4.71. The fraction of sp³-hybridized carbons (Fsp3) is 0.923. The molecule has 4 heteroatoms. The van der Waals surface area contributed by atoms with Gasteiger partial charge < -0.3 is 15.4 Å². The van der Waals surface area contributed by atoms with Crippen LogP contribution in [0.2, 0.25) is 0 Å². The third kappa shape index (κ3) is 3.96. The van der Waals surface area contributed by atoms with E-state index in [4.69, 9.17) is 4.74 Å². The molecule has 0 radical (unpaired) electrons. The number of nitrogens with one attached hydrogen (secondary N) is 2. The Balaban J connectivity index is 1.69. The lowest BCUT2D eigenvalue weighted by molar-refractivity contribution is -0.126. The minimum atomic E-state index is 0.141. The summed E-state index contributed by atoms with van der Waals surface area (Å²) in [5.41, 5.74) is 0. The number of carbonyl (C=O) groups excluding carboxylic acids is 1. The Morgan fingerprint density at radius 3 is 3.00 bits per heavy atom. The van der Waals surface area contributed by atoms with Crippen molar-refractivity contribution in [2.75, 3.05) is 26.2 Å². The molecule has 2 aliphatic heterocycles. The van der Waals surface area contributed by atoms with Crippen LogP contribution < -0.4 is 10.6 Å². The van der Waals surface area contributed by atoms with Gasteiger partial charge in [-0.25, -0.2) is 0 Å². The SMILES string of the molecule is CC1CNCC(C(=O)NCC2CCCCO2)C1. The maximum atomic E-state index is 12.0. The van der Waals surface area contributed by atoms with Crippen molar-refractivity contribution in [2.24, 2.45) is 11.8 Å². The second-order valence-electron chi connectivity index (χ2n) is 5.43. The van der Waals surface area contributed by atoms with E-state index in [1.54, 1.807) is 0 Å². The number of amides is 1. The topological polar surface area (TPSA) is 50.4 Å². The molecule has 2 N–H and O–H groups in total. The van der Waals surface area contributed by atoms with E-state index in [0.717, 1.165) is 39.0 Å². The van der Waals surface area contributed by atoms with E-state index >= 15 is 0 Å². The average molecular weight is 240 g/mol. The number of hydrogen-bond donors (Lipinski definition) is 2. The highest BCUT2D eigenvalue weighted by Gasteiger charge is 2.25. The Morgan fingerprint density at radius 2 is 2.29 bits per heavy atom. The second kappa shape index (κ2) is 6.36. The van der Waals surface area contributed by atoms with Gasteiger partial charge in [-0.15, -0.1) is 0 Å². The molecular weight excluding hydrogens is 216 g/mol. The van der Waals surface area contributed by atoms with Crippen LogP contribution in [0.1, 0.15) is 32.6 Å². The minimum Gasteiger partial charge on any atom is -0.376 e. The molecule has 17 heavy (non-hydrogen) atoms. The quantitative estimate of drug-likeness (QED) is 0.771. The molecule has 1 amide bonds. The predicted molar refractivity (Wildman–Crippen MR) is 66.7 cm³/mol. The van der Waals surface area contributed by atoms with E-state index < -0.39 is 0 Å². The van der Waals surface area contributed by atoms with Gasteiger partial charge in [0, 0.05) is 19.7 Å². The molecule has 0 aromatic carbocycles. The van der Waals surface area contributed by atoms with Crippen LogP contribution in [0, 0.1) is 11.8 Å². The molecule has 98 valence electrons. The van der Waals surface area contributed by atoms with Crippen molar-refractivity contribution in [3.8, 4) is 0 Å². The molecule has 2 aliphatic rings. The first-order chi connectivity index (χ1) is 8.25. The molecule has 2 rings (SSSR count). The highest BCUT2D eigenvalue weighted by atomic mass is 16.5. The van der Waals surface area contributed by atoms with Crippen molar-refractivity contribution in [1.82, 2.24) is 10.6 Å². The first-order valence-corrected chi connectivity index (χ1v) is 6.85. The molecular formula is C13H24N2O2. The average Bonchev–Trinajstić information content (AvgIpc) is 2.37. The minimum absolute atomic E-state index is 0.141. The van der Waals surface area contributed by atoms with Crippen LogP contribution in [0.4, 0.5) is 0 Å². The number of ether oxygens (including phenoxy) is 1. The van der Waals surface area contributed by atoms with Gasteiger partial charge in [-0.3, -0.25) is 4.79 Å². The van der Waals surface area contributed by atoms with Gasteiger partial charge >= 0.3 is 0 Å². The molecule has 2 saturated heterocycles. The Morgan fingerprint density at radius 1 is 1.41 bits per heavy atom. The van der Waals surface area contributed by atoms with E-state index in [-0.39, 0.29) is 17.9 Å². The molecule has 0 saturated carbocycles. The molecule has 0 spiro atoms. The Bertz CT molecular complexity index is 252. The largest absolute Gasteiger partial charge is 0.376 e. The Labute approximate surface area is 103 Å². The maximum absolute atomic E-state index is 12.0. The summed E-state index contributed by atoms with van der Waals surface area (Å²) in [5, 5.41) is 6.35. The second-order valence-corrected chi connectivity index (χ2v) is 5.43. The lowest BCUT2D eigenvalue weighted by Crippen LogP contribution is -2.45.